The van der Waals surface area contributed by atoms with E-state index in [-0.39, 0.29) is 105 Å². The molecule has 4 aliphatic heterocycles. The SMILES string of the molecule is CC[C@@]1(O)C(=O)OCc2c1cc1n(c2=O)Cc2c-1nc1cc(F)c(C)c3c1c2[C@@H](N1CCC(OCNC(=O)CNC(=O)[C@H](Cc2ccccc2)NC(=O)CNC(=O)CNC(=O)CCCCCN2C(=O)C=CC2=O)C1)CC3. The Labute approximate surface area is 435 Å². The molecule has 1 aliphatic carbocycles. The number of ether oxygens (including phenoxy) is 2. The third-order valence-corrected chi connectivity index (χ3v) is 15.0. The van der Waals surface area contributed by atoms with Crippen molar-refractivity contribution < 1.29 is 57.3 Å². The van der Waals surface area contributed by atoms with Crippen LogP contribution in [0.1, 0.15) is 96.9 Å². The van der Waals surface area contributed by atoms with Crippen molar-refractivity contribution in [3.05, 3.63) is 110 Å². The van der Waals surface area contributed by atoms with Crippen LogP contribution in [0.25, 0.3) is 22.3 Å². The van der Waals surface area contributed by atoms with E-state index < -0.39 is 54.3 Å². The second kappa shape index (κ2) is 22.7. The average Bonchev–Trinajstić information content (AvgIpc) is 4.21. The van der Waals surface area contributed by atoms with Gasteiger partial charge in [0.25, 0.3) is 17.4 Å². The third-order valence-electron chi connectivity index (χ3n) is 15.0. The lowest BCUT2D eigenvalue weighted by atomic mass is 9.81. The van der Waals surface area contributed by atoms with Crippen LogP contribution < -0.4 is 32.1 Å². The van der Waals surface area contributed by atoms with Crippen LogP contribution in [-0.2, 0) is 79.4 Å². The number of aryl methyl sites for hydroxylation is 1. The number of nitrogens with one attached hydrogen (secondary N) is 5. The van der Waals surface area contributed by atoms with Crippen molar-refractivity contribution in [2.45, 2.75) is 109 Å². The number of aromatic nitrogens is 2. The highest BCUT2D eigenvalue weighted by Gasteiger charge is 2.46. The number of aliphatic hydroxyl groups is 1. The molecule has 400 valence electrons. The quantitative estimate of drug-likeness (QED) is 0.0261. The first-order chi connectivity index (χ1) is 36.5. The summed E-state index contributed by atoms with van der Waals surface area (Å²) < 4.78 is 28.5. The second-order valence-electron chi connectivity index (χ2n) is 19.7. The average molecular weight is 1050 g/mol. The zero-order chi connectivity index (χ0) is 53.8. The van der Waals surface area contributed by atoms with Crippen molar-refractivity contribution in [1.82, 2.24) is 45.9 Å². The number of nitrogens with zero attached hydrogens (tertiary/aromatic N) is 4. The van der Waals surface area contributed by atoms with Crippen molar-refractivity contribution in [3.8, 4) is 11.4 Å². The number of fused-ring (bicyclic) bond motifs is 5. The molecule has 7 amide bonds. The number of esters is 1. The van der Waals surface area contributed by atoms with Crippen LogP contribution in [0.2, 0.25) is 0 Å². The smallest absolute Gasteiger partial charge is 0.343 e. The molecule has 1 unspecified atom stereocenters. The Hall–Kier alpha value is -7.69. The summed E-state index contributed by atoms with van der Waals surface area (Å²) in [6, 6.07) is 10.7. The van der Waals surface area contributed by atoms with E-state index in [1.165, 1.54) is 18.2 Å². The maximum atomic E-state index is 15.5. The van der Waals surface area contributed by atoms with Gasteiger partial charge in [-0.3, -0.25) is 48.2 Å². The first-order valence-electron chi connectivity index (χ1n) is 25.7. The molecule has 22 heteroatoms. The van der Waals surface area contributed by atoms with E-state index in [0.29, 0.717) is 74.1 Å². The molecular formula is C54H60FN9O12. The summed E-state index contributed by atoms with van der Waals surface area (Å²) in [6.07, 6.45) is 5.82. The lowest BCUT2D eigenvalue weighted by Crippen LogP contribution is -2.52. The molecule has 0 radical (unpaired) electrons. The number of imide groups is 1. The number of carbonyl (C=O) groups excluding carboxylic acids is 8. The van der Waals surface area contributed by atoms with E-state index in [2.05, 4.69) is 31.5 Å². The number of cyclic esters (lactones) is 1. The number of amides is 7. The molecule has 6 N–H and O–H groups in total. The summed E-state index contributed by atoms with van der Waals surface area (Å²) in [5, 5.41) is 25.1. The Morgan fingerprint density at radius 3 is 2.37 bits per heavy atom. The molecule has 6 heterocycles. The molecular weight excluding hydrogens is 986 g/mol. The monoisotopic (exact) mass is 1050 g/mol. The third kappa shape index (κ3) is 11.0. The minimum atomic E-state index is -2.00. The van der Waals surface area contributed by atoms with E-state index in [4.69, 9.17) is 14.5 Å². The summed E-state index contributed by atoms with van der Waals surface area (Å²) in [5.41, 5.74) is 3.31. The zero-order valence-corrected chi connectivity index (χ0v) is 42.3. The normalized spacial score (nSPS) is 19.7. The molecule has 0 saturated carbocycles. The molecule has 4 atom stereocenters. The molecule has 9 rings (SSSR count). The molecule has 2 aromatic heterocycles. The van der Waals surface area contributed by atoms with Gasteiger partial charge in [0, 0.05) is 73.2 Å². The van der Waals surface area contributed by atoms with Gasteiger partial charge in [-0.05, 0) is 73.8 Å². The number of halogens is 1. The van der Waals surface area contributed by atoms with Crippen molar-refractivity contribution in [2.24, 2.45) is 0 Å². The lowest BCUT2D eigenvalue weighted by molar-refractivity contribution is -0.172. The van der Waals surface area contributed by atoms with Crippen LogP contribution >= 0.6 is 0 Å². The van der Waals surface area contributed by atoms with Gasteiger partial charge in [-0.2, -0.15) is 0 Å². The van der Waals surface area contributed by atoms with Crippen LogP contribution in [0.3, 0.4) is 0 Å². The van der Waals surface area contributed by atoms with Crippen LogP contribution in [0, 0.1) is 12.7 Å². The van der Waals surface area contributed by atoms with Gasteiger partial charge in [0.05, 0.1) is 54.8 Å². The fourth-order valence-corrected chi connectivity index (χ4v) is 10.9. The van der Waals surface area contributed by atoms with Gasteiger partial charge in [0.1, 0.15) is 25.2 Å². The zero-order valence-electron chi connectivity index (χ0n) is 42.3. The van der Waals surface area contributed by atoms with Crippen LogP contribution in [0.4, 0.5) is 4.39 Å². The van der Waals surface area contributed by atoms with Gasteiger partial charge in [-0.1, -0.05) is 43.7 Å². The Kier molecular flexibility index (Phi) is 15.8. The molecule has 1 saturated heterocycles. The molecule has 0 bridgehead atoms. The summed E-state index contributed by atoms with van der Waals surface area (Å²) in [5.74, 6) is -4.80. The van der Waals surface area contributed by atoms with Crippen molar-refractivity contribution >= 4 is 58.2 Å². The topological polar surface area (TPSA) is 277 Å². The van der Waals surface area contributed by atoms with E-state index >= 15 is 4.39 Å². The highest BCUT2D eigenvalue weighted by atomic mass is 19.1. The first-order valence-corrected chi connectivity index (χ1v) is 25.7. The number of unbranched alkanes of at least 4 members (excludes halogenated alkanes) is 2. The molecule has 2 aromatic carbocycles. The molecule has 4 aromatic rings. The standard InChI is InChI=1S/C54H60FN9O12/c1-3-54(74)36-21-41-50-34(27-64(41)52(72)35(36)28-75-53(54)73)49-40(14-13-33-30(2)37(55)22-38(61-50)48(33)49)62-19-17-32(26-62)76-29-59-44(67)24-58-51(71)39(20-31-10-6-4-7-11-31)60-45(68)25-57-43(66)23-56-42(65)12-8-5-9-18-63-46(69)15-16-47(63)70/h4,6-7,10-11,15-16,21-22,32,39-40,74H,3,5,8-9,12-14,17-20,23-29H2,1-2H3,(H,56,65)(H,57,66)(H,58,71)(H,59,67)(H,60,68)/t32?,39-,40-,54-/m0/s1. The van der Waals surface area contributed by atoms with Crippen LogP contribution in [-0.4, -0.2) is 130 Å². The van der Waals surface area contributed by atoms with Crippen molar-refractivity contribution in [3.63, 3.8) is 0 Å². The van der Waals surface area contributed by atoms with E-state index in [0.717, 1.165) is 32.5 Å². The maximum absolute atomic E-state index is 15.5. The van der Waals surface area contributed by atoms with Crippen LogP contribution in [0.15, 0.2) is 59.4 Å². The minimum Gasteiger partial charge on any atom is -0.458 e. The fraction of sp³-hybridized carbons (Fsp3) is 0.444. The van der Waals surface area contributed by atoms with Crippen molar-refractivity contribution in [1.29, 1.82) is 0 Å². The van der Waals surface area contributed by atoms with Crippen LogP contribution in [0.5, 0.6) is 0 Å². The van der Waals surface area contributed by atoms with Gasteiger partial charge < -0.3 is 45.7 Å². The number of benzene rings is 2. The Morgan fingerprint density at radius 1 is 0.882 bits per heavy atom. The predicted octanol–water partition coefficient (Wildman–Crippen LogP) is 1.24. The number of hydrogen-bond donors (Lipinski definition) is 6. The summed E-state index contributed by atoms with van der Waals surface area (Å²) >= 11 is 0. The second-order valence-corrected chi connectivity index (χ2v) is 19.7. The van der Waals surface area contributed by atoms with E-state index in [9.17, 15) is 48.3 Å². The molecule has 76 heavy (non-hydrogen) atoms. The minimum absolute atomic E-state index is 0.00457. The van der Waals surface area contributed by atoms with Gasteiger partial charge in [0.2, 0.25) is 29.5 Å². The first kappa shape index (κ1) is 53.1. The lowest BCUT2D eigenvalue weighted by Gasteiger charge is -2.35. The number of pyridine rings is 2. The number of likely N-dealkylation sites (tertiary alicyclic amines) is 1. The molecule has 5 aliphatic rings. The predicted molar refractivity (Wildman–Crippen MR) is 270 cm³/mol. The highest BCUT2D eigenvalue weighted by molar-refractivity contribution is 6.12. The van der Waals surface area contributed by atoms with Crippen molar-refractivity contribution in [2.75, 3.05) is 46.0 Å². The number of carbonyl (C=O) groups is 8. The number of hydrogen-bond acceptors (Lipinski definition) is 14. The van der Waals surface area contributed by atoms with Gasteiger partial charge in [0.15, 0.2) is 5.60 Å². The number of rotatable bonds is 21. The van der Waals surface area contributed by atoms with Gasteiger partial charge in [-0.15, -0.1) is 0 Å². The highest BCUT2D eigenvalue weighted by Crippen LogP contribution is 2.48. The Morgan fingerprint density at radius 2 is 1.61 bits per heavy atom. The summed E-state index contributed by atoms with van der Waals surface area (Å²) in [4.78, 5) is 123. The molecule has 0 spiro atoms. The van der Waals surface area contributed by atoms with Gasteiger partial charge in [-0.25, -0.2) is 14.2 Å². The summed E-state index contributed by atoms with van der Waals surface area (Å²) in [7, 11) is 0. The Balaban J connectivity index is 0.757. The van der Waals surface area contributed by atoms with E-state index in [1.807, 2.05) is 0 Å². The fourth-order valence-electron chi connectivity index (χ4n) is 10.9. The summed E-state index contributed by atoms with van der Waals surface area (Å²) in [6.45, 7) is 3.28. The molecule has 21 nitrogen and oxygen atoms in total. The Bertz CT molecular complexity index is 3110. The largest absolute Gasteiger partial charge is 0.458 e. The van der Waals surface area contributed by atoms with E-state index in [1.54, 1.807) is 54.8 Å². The molecule has 1 fully saturated rings. The van der Waals surface area contributed by atoms with Gasteiger partial charge >= 0.3 is 5.97 Å². The maximum Gasteiger partial charge on any atom is 0.343 e.